The molecule has 0 heterocycles. The Labute approximate surface area is 132 Å². The van der Waals surface area contributed by atoms with Crippen molar-refractivity contribution in [3.8, 4) is 5.75 Å². The largest absolute Gasteiger partial charge is 0.496 e. The van der Waals surface area contributed by atoms with E-state index < -0.39 is 0 Å². The van der Waals surface area contributed by atoms with Crippen LogP contribution in [-0.4, -0.2) is 13.7 Å². The fourth-order valence-electron chi connectivity index (χ4n) is 2.39. The van der Waals surface area contributed by atoms with Crippen LogP contribution in [0.1, 0.15) is 36.1 Å². The third-order valence-electron chi connectivity index (χ3n) is 3.57. The molecule has 2 nitrogen and oxygen atoms in total. The van der Waals surface area contributed by atoms with Crippen molar-refractivity contribution in [2.75, 3.05) is 13.7 Å². The monoisotopic (exact) mass is 303 g/mol. The Morgan fingerprint density at radius 1 is 1.10 bits per heavy atom. The van der Waals surface area contributed by atoms with E-state index in [9.17, 15) is 0 Å². The van der Waals surface area contributed by atoms with Crippen LogP contribution in [0, 0.1) is 6.92 Å². The van der Waals surface area contributed by atoms with Gasteiger partial charge in [0.25, 0.3) is 0 Å². The number of hydrogen-bond donors (Lipinski definition) is 1. The van der Waals surface area contributed by atoms with Gasteiger partial charge in [-0.25, -0.2) is 0 Å². The van der Waals surface area contributed by atoms with Crippen molar-refractivity contribution in [1.29, 1.82) is 0 Å². The lowest BCUT2D eigenvalue weighted by atomic mass is 9.97. The van der Waals surface area contributed by atoms with E-state index >= 15 is 0 Å². The average Bonchev–Trinajstić information content (AvgIpc) is 2.50. The van der Waals surface area contributed by atoms with Crippen LogP contribution in [0.2, 0.25) is 5.02 Å². The summed E-state index contributed by atoms with van der Waals surface area (Å²) in [4.78, 5) is 0. The lowest BCUT2D eigenvalue weighted by Crippen LogP contribution is -2.23. The van der Waals surface area contributed by atoms with Gasteiger partial charge in [-0.05, 0) is 54.8 Å². The molecule has 0 fully saturated rings. The number of hydrogen-bond acceptors (Lipinski definition) is 2. The maximum absolute atomic E-state index is 5.99. The van der Waals surface area contributed by atoms with Crippen LogP contribution in [0.5, 0.6) is 5.75 Å². The summed E-state index contributed by atoms with van der Waals surface area (Å²) < 4.78 is 5.45. The zero-order chi connectivity index (χ0) is 15.2. The maximum Gasteiger partial charge on any atom is 0.122 e. The smallest absolute Gasteiger partial charge is 0.122 e. The van der Waals surface area contributed by atoms with Gasteiger partial charge >= 0.3 is 0 Å². The van der Waals surface area contributed by atoms with Crippen LogP contribution in [0.15, 0.2) is 42.5 Å². The van der Waals surface area contributed by atoms with Crippen LogP contribution < -0.4 is 10.1 Å². The zero-order valence-electron chi connectivity index (χ0n) is 12.8. The van der Waals surface area contributed by atoms with Crippen molar-refractivity contribution in [3.63, 3.8) is 0 Å². The fraction of sp³-hybridized carbons (Fsp3) is 0.333. The van der Waals surface area contributed by atoms with Crippen LogP contribution in [0.3, 0.4) is 0 Å². The maximum atomic E-state index is 5.99. The minimum Gasteiger partial charge on any atom is -0.496 e. The van der Waals surface area contributed by atoms with Gasteiger partial charge < -0.3 is 10.1 Å². The molecule has 0 aromatic heterocycles. The molecule has 0 aliphatic heterocycles. The van der Waals surface area contributed by atoms with Crippen LogP contribution >= 0.6 is 11.6 Å². The summed E-state index contributed by atoms with van der Waals surface area (Å²) in [5.41, 5.74) is 3.55. The highest BCUT2D eigenvalue weighted by Crippen LogP contribution is 2.28. The van der Waals surface area contributed by atoms with E-state index in [0.29, 0.717) is 0 Å². The minimum absolute atomic E-state index is 0.150. The number of rotatable bonds is 6. The molecule has 3 heteroatoms. The SMILES string of the molecule is CCCNC(c1ccc(Cl)cc1)c1ccc(C)c(OC)c1. The molecular formula is C18H22ClNO. The lowest BCUT2D eigenvalue weighted by molar-refractivity contribution is 0.410. The second-order valence-electron chi connectivity index (χ2n) is 5.17. The van der Waals surface area contributed by atoms with Crippen molar-refractivity contribution in [2.24, 2.45) is 0 Å². The molecule has 0 radical (unpaired) electrons. The molecule has 1 atom stereocenters. The molecule has 2 rings (SSSR count). The van der Waals surface area contributed by atoms with Gasteiger partial charge in [-0.3, -0.25) is 0 Å². The average molecular weight is 304 g/mol. The van der Waals surface area contributed by atoms with Gasteiger partial charge in [-0.1, -0.05) is 42.8 Å². The van der Waals surface area contributed by atoms with E-state index in [-0.39, 0.29) is 6.04 Å². The highest BCUT2D eigenvalue weighted by atomic mass is 35.5. The standard InChI is InChI=1S/C18H22ClNO/c1-4-11-20-18(14-7-9-16(19)10-8-14)15-6-5-13(2)17(12-15)21-3/h5-10,12,18,20H,4,11H2,1-3H3. The number of ether oxygens (including phenoxy) is 1. The third-order valence-corrected chi connectivity index (χ3v) is 3.82. The molecule has 0 saturated heterocycles. The third kappa shape index (κ3) is 3.99. The fourth-order valence-corrected chi connectivity index (χ4v) is 2.51. The topological polar surface area (TPSA) is 21.3 Å². The van der Waals surface area contributed by atoms with Gasteiger partial charge in [-0.15, -0.1) is 0 Å². The Bertz CT molecular complexity index is 580. The first kappa shape index (κ1) is 15.9. The van der Waals surface area contributed by atoms with Gasteiger partial charge in [0.05, 0.1) is 13.2 Å². The Balaban J connectivity index is 2.37. The number of aryl methyl sites for hydroxylation is 1. The molecular weight excluding hydrogens is 282 g/mol. The summed E-state index contributed by atoms with van der Waals surface area (Å²) in [7, 11) is 1.71. The second-order valence-corrected chi connectivity index (χ2v) is 5.60. The highest BCUT2D eigenvalue weighted by Gasteiger charge is 2.14. The summed E-state index contributed by atoms with van der Waals surface area (Å²) in [6.45, 7) is 5.19. The molecule has 0 amide bonds. The van der Waals surface area contributed by atoms with Crippen molar-refractivity contribution in [1.82, 2.24) is 5.32 Å². The van der Waals surface area contributed by atoms with E-state index in [1.807, 2.05) is 12.1 Å². The summed E-state index contributed by atoms with van der Waals surface area (Å²) >= 11 is 5.99. The Kier molecular flexibility index (Phi) is 5.66. The van der Waals surface area contributed by atoms with Crippen molar-refractivity contribution < 1.29 is 4.74 Å². The molecule has 0 aliphatic carbocycles. The number of methoxy groups -OCH3 is 1. The summed E-state index contributed by atoms with van der Waals surface area (Å²) in [6.07, 6.45) is 1.09. The Morgan fingerprint density at radius 3 is 2.38 bits per heavy atom. The molecule has 112 valence electrons. The van der Waals surface area contributed by atoms with Crippen LogP contribution in [0.25, 0.3) is 0 Å². The van der Waals surface area contributed by atoms with E-state index in [1.54, 1.807) is 7.11 Å². The lowest BCUT2D eigenvalue weighted by Gasteiger charge is -2.21. The number of benzene rings is 2. The van der Waals surface area contributed by atoms with E-state index in [0.717, 1.165) is 29.3 Å². The highest BCUT2D eigenvalue weighted by molar-refractivity contribution is 6.30. The zero-order valence-corrected chi connectivity index (χ0v) is 13.6. The molecule has 0 aliphatic rings. The van der Waals surface area contributed by atoms with Gasteiger partial charge in [0, 0.05) is 5.02 Å². The van der Waals surface area contributed by atoms with Gasteiger partial charge in [0.2, 0.25) is 0 Å². The predicted molar refractivity (Wildman–Crippen MR) is 89.3 cm³/mol. The molecule has 2 aromatic carbocycles. The van der Waals surface area contributed by atoms with Crippen LogP contribution in [0.4, 0.5) is 0 Å². The van der Waals surface area contributed by atoms with E-state index in [4.69, 9.17) is 16.3 Å². The van der Waals surface area contributed by atoms with E-state index in [1.165, 1.54) is 11.1 Å². The first-order chi connectivity index (χ1) is 10.2. The molecule has 1 N–H and O–H groups in total. The van der Waals surface area contributed by atoms with Crippen molar-refractivity contribution in [2.45, 2.75) is 26.3 Å². The second kappa shape index (κ2) is 7.48. The quantitative estimate of drug-likeness (QED) is 0.832. The summed E-state index contributed by atoms with van der Waals surface area (Å²) in [6, 6.07) is 14.5. The first-order valence-corrected chi connectivity index (χ1v) is 7.67. The minimum atomic E-state index is 0.150. The molecule has 21 heavy (non-hydrogen) atoms. The normalized spacial score (nSPS) is 12.2. The molecule has 2 aromatic rings. The summed E-state index contributed by atoms with van der Waals surface area (Å²) in [5.74, 6) is 0.921. The number of halogens is 1. The summed E-state index contributed by atoms with van der Waals surface area (Å²) in [5, 5.41) is 4.35. The Morgan fingerprint density at radius 2 is 1.76 bits per heavy atom. The number of nitrogens with one attached hydrogen (secondary N) is 1. The van der Waals surface area contributed by atoms with Crippen LogP contribution in [-0.2, 0) is 0 Å². The predicted octanol–water partition coefficient (Wildman–Crippen LogP) is 4.75. The van der Waals surface area contributed by atoms with Crippen molar-refractivity contribution >= 4 is 11.6 Å². The van der Waals surface area contributed by atoms with Gasteiger partial charge in [0.15, 0.2) is 0 Å². The molecule has 0 spiro atoms. The molecule has 0 saturated carbocycles. The van der Waals surface area contributed by atoms with Crippen molar-refractivity contribution in [3.05, 3.63) is 64.2 Å². The van der Waals surface area contributed by atoms with Gasteiger partial charge in [0.1, 0.15) is 5.75 Å². The first-order valence-electron chi connectivity index (χ1n) is 7.29. The Hall–Kier alpha value is -1.51. The molecule has 1 unspecified atom stereocenters. The van der Waals surface area contributed by atoms with E-state index in [2.05, 4.69) is 49.5 Å². The van der Waals surface area contributed by atoms with Gasteiger partial charge in [-0.2, -0.15) is 0 Å². The molecule has 0 bridgehead atoms.